The fourth-order valence-corrected chi connectivity index (χ4v) is 1.25. The summed E-state index contributed by atoms with van der Waals surface area (Å²) in [7, 11) is 0. The van der Waals surface area contributed by atoms with E-state index in [1.165, 1.54) is 0 Å². The molecule has 2 unspecified atom stereocenters. The number of aromatic hydroxyl groups is 3. The second-order valence-electron chi connectivity index (χ2n) is 3.30. The maximum atomic E-state index is 9.63. The van der Waals surface area contributed by atoms with Gasteiger partial charge in [0.25, 0.3) is 0 Å². The second kappa shape index (κ2) is 5.26. The van der Waals surface area contributed by atoms with E-state index >= 15 is 0 Å². The molecule has 0 radical (unpaired) electrons. The van der Waals surface area contributed by atoms with Crippen LogP contribution < -0.4 is 0 Å². The van der Waals surface area contributed by atoms with Gasteiger partial charge in [-0.05, 0) is 17.7 Å². The van der Waals surface area contributed by atoms with Crippen LogP contribution in [0.3, 0.4) is 0 Å². The average molecular weight is 241 g/mol. The molecule has 0 saturated heterocycles. The Hall–Kier alpha value is -2.15. The van der Waals surface area contributed by atoms with Crippen molar-refractivity contribution in [3.8, 4) is 17.2 Å². The van der Waals surface area contributed by atoms with E-state index in [9.17, 15) is 20.4 Å². The number of aliphatic hydroxyl groups is 2. The molecule has 8 nitrogen and oxygen atoms in total. The highest BCUT2D eigenvalue weighted by atomic mass is 16.3. The van der Waals surface area contributed by atoms with Crippen molar-refractivity contribution < 1.29 is 25.5 Å². The Kier molecular flexibility index (Phi) is 4.00. The molecule has 0 saturated carbocycles. The van der Waals surface area contributed by atoms with E-state index < -0.39 is 36.0 Å². The highest BCUT2D eigenvalue weighted by Crippen LogP contribution is 2.40. The molecule has 0 aliphatic heterocycles. The zero-order valence-electron chi connectivity index (χ0n) is 8.59. The third-order valence-corrected chi connectivity index (χ3v) is 2.18. The maximum Gasteiger partial charge on any atom is 0.200 e. The fourth-order valence-electron chi connectivity index (χ4n) is 1.25. The molecule has 0 aromatic heterocycles. The van der Waals surface area contributed by atoms with E-state index in [4.69, 9.17) is 10.6 Å². The van der Waals surface area contributed by atoms with E-state index in [1.54, 1.807) is 0 Å². The van der Waals surface area contributed by atoms with Crippen molar-refractivity contribution in [1.82, 2.24) is 0 Å². The first-order valence-electron chi connectivity index (χ1n) is 4.59. The number of nitrogens with zero attached hydrogens (tertiary/aromatic N) is 3. The summed E-state index contributed by atoms with van der Waals surface area (Å²) in [6.45, 7) is -0.390. The van der Waals surface area contributed by atoms with E-state index in [1.807, 2.05) is 0 Å². The van der Waals surface area contributed by atoms with Gasteiger partial charge in [-0.15, -0.1) is 0 Å². The number of benzene rings is 1. The molecule has 0 spiro atoms. The van der Waals surface area contributed by atoms with Crippen LogP contribution in [0, 0.1) is 0 Å². The van der Waals surface area contributed by atoms with E-state index in [0.29, 0.717) is 0 Å². The first-order chi connectivity index (χ1) is 7.99. The molecule has 8 heteroatoms. The second-order valence-corrected chi connectivity index (χ2v) is 3.30. The number of phenols is 3. The van der Waals surface area contributed by atoms with Crippen molar-refractivity contribution in [2.45, 2.75) is 12.2 Å². The maximum absolute atomic E-state index is 9.63. The van der Waals surface area contributed by atoms with Crippen molar-refractivity contribution in [2.24, 2.45) is 5.11 Å². The molecule has 0 fully saturated rings. The van der Waals surface area contributed by atoms with Gasteiger partial charge in [0.05, 0.1) is 12.6 Å². The minimum atomic E-state index is -1.55. The standard InChI is InChI=1S/C9H11N3O5/c10-12-11-3-6(14)7(15)4-1-2-5(13)9(17)8(4)16/h1-2,6-7,13-17H,3H2. The summed E-state index contributed by atoms with van der Waals surface area (Å²) in [5.74, 6) is -2.09. The predicted octanol–water partition coefficient (Wildman–Crippen LogP) is 0.508. The van der Waals surface area contributed by atoms with Crippen LogP contribution in [0.2, 0.25) is 0 Å². The van der Waals surface area contributed by atoms with E-state index in [-0.39, 0.29) is 5.56 Å². The van der Waals surface area contributed by atoms with Gasteiger partial charge in [0.2, 0.25) is 5.75 Å². The first kappa shape index (κ1) is 12.9. The number of azide groups is 1. The van der Waals surface area contributed by atoms with E-state index in [0.717, 1.165) is 12.1 Å². The van der Waals surface area contributed by atoms with Crippen molar-refractivity contribution >= 4 is 0 Å². The number of rotatable bonds is 4. The van der Waals surface area contributed by atoms with Crippen LogP contribution in [-0.2, 0) is 0 Å². The molecule has 1 aromatic rings. The van der Waals surface area contributed by atoms with Gasteiger partial charge in [-0.3, -0.25) is 0 Å². The molecule has 0 heterocycles. The van der Waals surface area contributed by atoms with Crippen LogP contribution >= 0.6 is 0 Å². The van der Waals surface area contributed by atoms with Crippen molar-refractivity contribution in [3.05, 3.63) is 28.1 Å². The van der Waals surface area contributed by atoms with Gasteiger partial charge in [0.1, 0.15) is 6.10 Å². The van der Waals surface area contributed by atoms with Crippen molar-refractivity contribution in [2.75, 3.05) is 6.54 Å². The summed E-state index contributed by atoms with van der Waals surface area (Å²) in [5, 5.41) is 49.8. The summed E-state index contributed by atoms with van der Waals surface area (Å²) >= 11 is 0. The van der Waals surface area contributed by atoms with Gasteiger partial charge in [-0.25, -0.2) is 0 Å². The predicted molar refractivity (Wildman–Crippen MR) is 56.4 cm³/mol. The topological polar surface area (TPSA) is 150 Å². The molecular weight excluding hydrogens is 230 g/mol. The van der Waals surface area contributed by atoms with Crippen LogP contribution in [0.5, 0.6) is 17.2 Å². The third kappa shape index (κ3) is 2.70. The monoisotopic (exact) mass is 241 g/mol. The molecule has 17 heavy (non-hydrogen) atoms. The van der Waals surface area contributed by atoms with Crippen molar-refractivity contribution in [3.63, 3.8) is 0 Å². The van der Waals surface area contributed by atoms with Gasteiger partial charge in [-0.1, -0.05) is 5.11 Å². The molecule has 1 rings (SSSR count). The SMILES string of the molecule is [N-]=[N+]=NCC(O)C(O)c1ccc(O)c(O)c1O. The Balaban J connectivity index is 3.00. The minimum Gasteiger partial charge on any atom is -0.504 e. The Morgan fingerprint density at radius 1 is 1.18 bits per heavy atom. The molecule has 2 atom stereocenters. The quantitative estimate of drug-likeness (QED) is 0.225. The average Bonchev–Trinajstić information content (AvgIpc) is 2.32. The number of aliphatic hydroxyl groups excluding tert-OH is 2. The number of hydrogen-bond donors (Lipinski definition) is 5. The molecule has 0 amide bonds. The zero-order valence-corrected chi connectivity index (χ0v) is 8.59. The normalized spacial score (nSPS) is 13.8. The summed E-state index contributed by atoms with van der Waals surface area (Å²) in [6, 6.07) is 2.18. The highest BCUT2D eigenvalue weighted by Gasteiger charge is 2.23. The Bertz CT molecular complexity index is 458. The summed E-state index contributed by atoms with van der Waals surface area (Å²) in [4.78, 5) is 2.41. The van der Waals surface area contributed by atoms with Gasteiger partial charge in [0.15, 0.2) is 11.5 Å². The van der Waals surface area contributed by atoms with Gasteiger partial charge in [-0.2, -0.15) is 0 Å². The Morgan fingerprint density at radius 2 is 1.82 bits per heavy atom. The van der Waals surface area contributed by atoms with Crippen molar-refractivity contribution in [1.29, 1.82) is 0 Å². The van der Waals surface area contributed by atoms with E-state index in [2.05, 4.69) is 10.0 Å². The van der Waals surface area contributed by atoms with Gasteiger partial charge >= 0.3 is 0 Å². The third-order valence-electron chi connectivity index (χ3n) is 2.18. The lowest BCUT2D eigenvalue weighted by Crippen LogP contribution is -2.21. The first-order valence-corrected chi connectivity index (χ1v) is 4.59. The number of hydrogen-bond acceptors (Lipinski definition) is 6. The number of phenolic OH excluding ortho intramolecular Hbond substituents is 3. The lowest BCUT2D eigenvalue weighted by atomic mass is 10.0. The van der Waals surface area contributed by atoms with Gasteiger partial charge < -0.3 is 25.5 Å². The fraction of sp³-hybridized carbons (Fsp3) is 0.333. The molecular formula is C9H11N3O5. The minimum absolute atomic E-state index is 0.180. The molecule has 92 valence electrons. The van der Waals surface area contributed by atoms with Crippen LogP contribution in [0.25, 0.3) is 10.4 Å². The van der Waals surface area contributed by atoms with Crippen LogP contribution in [0.1, 0.15) is 11.7 Å². The smallest absolute Gasteiger partial charge is 0.200 e. The molecule has 1 aromatic carbocycles. The Morgan fingerprint density at radius 3 is 2.41 bits per heavy atom. The van der Waals surface area contributed by atoms with Gasteiger partial charge in [0, 0.05) is 10.5 Å². The Labute approximate surface area is 95.6 Å². The lowest BCUT2D eigenvalue weighted by Gasteiger charge is -2.18. The summed E-state index contributed by atoms with van der Waals surface area (Å²) in [5.41, 5.74) is 7.87. The molecule has 5 N–H and O–H groups in total. The largest absolute Gasteiger partial charge is 0.504 e. The summed E-state index contributed by atoms with van der Waals surface area (Å²) < 4.78 is 0. The lowest BCUT2D eigenvalue weighted by molar-refractivity contribution is 0.0228. The zero-order chi connectivity index (χ0) is 13.0. The van der Waals surface area contributed by atoms with Crippen LogP contribution in [-0.4, -0.2) is 38.2 Å². The van der Waals surface area contributed by atoms with Crippen LogP contribution in [0.4, 0.5) is 0 Å². The van der Waals surface area contributed by atoms with Crippen LogP contribution in [0.15, 0.2) is 17.2 Å². The molecule has 0 aliphatic carbocycles. The molecule has 0 aliphatic rings. The molecule has 0 bridgehead atoms. The highest BCUT2D eigenvalue weighted by molar-refractivity contribution is 5.53. The summed E-state index contributed by atoms with van der Waals surface area (Å²) in [6.07, 6.45) is -2.98.